The number of amides is 2. The lowest BCUT2D eigenvalue weighted by atomic mass is 10.6. The summed E-state index contributed by atoms with van der Waals surface area (Å²) >= 11 is 0. The molecule has 0 aromatic heterocycles. The van der Waals surface area contributed by atoms with E-state index < -0.39 is 18.8 Å². The number of hydrogen-bond acceptors (Lipinski definition) is 2. The molecule has 0 unspecified atom stereocenters. The molecule has 0 atom stereocenters. The van der Waals surface area contributed by atoms with Crippen LogP contribution in [0.3, 0.4) is 0 Å². The SMILES string of the molecule is O=C(NCCO)NCC(F)(F)F. The minimum Gasteiger partial charge on any atom is -0.395 e. The molecule has 2 amide bonds. The van der Waals surface area contributed by atoms with Gasteiger partial charge in [-0.2, -0.15) is 13.2 Å². The van der Waals surface area contributed by atoms with Crippen LogP contribution in [0.5, 0.6) is 0 Å². The first-order chi connectivity index (χ1) is 5.45. The molecule has 0 spiro atoms. The van der Waals surface area contributed by atoms with Crippen LogP contribution in [0, 0.1) is 0 Å². The smallest absolute Gasteiger partial charge is 0.395 e. The van der Waals surface area contributed by atoms with Crippen LogP contribution in [0.15, 0.2) is 0 Å². The predicted molar refractivity (Wildman–Crippen MR) is 34.5 cm³/mol. The fraction of sp³-hybridized carbons (Fsp3) is 0.800. The zero-order valence-corrected chi connectivity index (χ0v) is 6.11. The topological polar surface area (TPSA) is 61.4 Å². The molecule has 0 aliphatic heterocycles. The number of nitrogens with one attached hydrogen (secondary N) is 2. The Morgan fingerprint density at radius 3 is 2.33 bits per heavy atom. The summed E-state index contributed by atoms with van der Waals surface area (Å²) in [6.07, 6.45) is -4.41. The third-order valence-corrected chi connectivity index (χ3v) is 0.847. The van der Waals surface area contributed by atoms with Crippen molar-refractivity contribution in [3.05, 3.63) is 0 Å². The number of carbonyl (C=O) groups excluding carboxylic acids is 1. The highest BCUT2D eigenvalue weighted by atomic mass is 19.4. The number of carbonyl (C=O) groups is 1. The molecular weight excluding hydrogens is 177 g/mol. The van der Waals surface area contributed by atoms with Crippen molar-refractivity contribution >= 4 is 6.03 Å². The lowest BCUT2D eigenvalue weighted by Crippen LogP contribution is -2.41. The normalized spacial score (nSPS) is 11.0. The third kappa shape index (κ3) is 7.13. The Hall–Kier alpha value is -0.980. The van der Waals surface area contributed by atoms with Gasteiger partial charge in [-0.3, -0.25) is 0 Å². The van der Waals surface area contributed by atoms with Crippen LogP contribution in [-0.2, 0) is 0 Å². The van der Waals surface area contributed by atoms with E-state index in [2.05, 4.69) is 0 Å². The molecule has 0 aromatic rings. The maximum absolute atomic E-state index is 11.4. The second-order valence-electron chi connectivity index (χ2n) is 1.95. The first-order valence-corrected chi connectivity index (χ1v) is 3.15. The zero-order chi connectivity index (χ0) is 9.61. The zero-order valence-electron chi connectivity index (χ0n) is 6.11. The average Bonchev–Trinajstić information content (AvgIpc) is 1.95. The van der Waals surface area contributed by atoms with Gasteiger partial charge in [-0.15, -0.1) is 0 Å². The summed E-state index contributed by atoms with van der Waals surface area (Å²) in [5.41, 5.74) is 0. The van der Waals surface area contributed by atoms with Crippen molar-refractivity contribution in [3.63, 3.8) is 0 Å². The van der Waals surface area contributed by atoms with Gasteiger partial charge < -0.3 is 15.7 Å². The Kier molecular flexibility index (Phi) is 4.42. The van der Waals surface area contributed by atoms with Gasteiger partial charge in [0.1, 0.15) is 6.54 Å². The van der Waals surface area contributed by atoms with Crippen LogP contribution in [-0.4, -0.2) is 37.0 Å². The van der Waals surface area contributed by atoms with E-state index in [4.69, 9.17) is 5.11 Å². The summed E-state index contributed by atoms with van der Waals surface area (Å²) in [5.74, 6) is 0. The Balaban J connectivity index is 3.44. The highest BCUT2D eigenvalue weighted by Crippen LogP contribution is 2.11. The Morgan fingerprint density at radius 1 is 1.33 bits per heavy atom. The van der Waals surface area contributed by atoms with Crippen molar-refractivity contribution < 1.29 is 23.1 Å². The Labute approximate surface area is 66.8 Å². The molecule has 0 aromatic carbocycles. The van der Waals surface area contributed by atoms with E-state index >= 15 is 0 Å². The summed E-state index contributed by atoms with van der Waals surface area (Å²) in [6.45, 7) is -1.74. The molecule has 0 fully saturated rings. The summed E-state index contributed by atoms with van der Waals surface area (Å²) in [6, 6.07) is -0.943. The Morgan fingerprint density at radius 2 is 1.92 bits per heavy atom. The van der Waals surface area contributed by atoms with Gasteiger partial charge in [-0.1, -0.05) is 0 Å². The predicted octanol–water partition coefficient (Wildman–Crippen LogP) is -0.160. The molecule has 0 bridgehead atoms. The third-order valence-electron chi connectivity index (χ3n) is 0.847. The number of hydrogen-bond donors (Lipinski definition) is 3. The quantitative estimate of drug-likeness (QED) is 0.573. The molecule has 0 radical (unpaired) electrons. The van der Waals surface area contributed by atoms with Gasteiger partial charge >= 0.3 is 12.2 Å². The molecule has 0 aliphatic rings. The molecule has 0 heterocycles. The fourth-order valence-corrected chi connectivity index (χ4v) is 0.412. The summed E-state index contributed by atoms with van der Waals surface area (Å²) < 4.78 is 34.3. The molecule has 0 saturated heterocycles. The molecule has 4 nitrogen and oxygen atoms in total. The molecule has 72 valence electrons. The van der Waals surface area contributed by atoms with Gasteiger partial charge in [0.15, 0.2) is 0 Å². The van der Waals surface area contributed by atoms with E-state index in [1.54, 1.807) is 5.32 Å². The number of urea groups is 1. The van der Waals surface area contributed by atoms with Crippen molar-refractivity contribution in [2.24, 2.45) is 0 Å². The van der Waals surface area contributed by atoms with E-state index in [1.165, 1.54) is 0 Å². The highest BCUT2D eigenvalue weighted by Gasteiger charge is 2.27. The van der Waals surface area contributed by atoms with Crippen molar-refractivity contribution in [2.75, 3.05) is 19.7 Å². The standard InChI is InChI=1S/C5H9F3N2O2/c6-5(7,8)3-10-4(12)9-1-2-11/h11H,1-3H2,(H2,9,10,12). The monoisotopic (exact) mass is 186 g/mol. The van der Waals surface area contributed by atoms with Gasteiger partial charge in [0.2, 0.25) is 0 Å². The lowest BCUT2D eigenvalue weighted by molar-refractivity contribution is -0.122. The second-order valence-corrected chi connectivity index (χ2v) is 1.95. The van der Waals surface area contributed by atoms with Crippen molar-refractivity contribution in [1.82, 2.24) is 10.6 Å². The molecule has 7 heteroatoms. The minimum atomic E-state index is -4.41. The molecule has 0 aliphatic carbocycles. The van der Waals surface area contributed by atoms with Gasteiger partial charge in [-0.05, 0) is 0 Å². The van der Waals surface area contributed by atoms with Gasteiger partial charge in [0.25, 0.3) is 0 Å². The van der Waals surface area contributed by atoms with E-state index in [0.29, 0.717) is 0 Å². The molecular formula is C5H9F3N2O2. The molecule has 3 N–H and O–H groups in total. The van der Waals surface area contributed by atoms with Gasteiger partial charge in [-0.25, -0.2) is 4.79 Å². The van der Waals surface area contributed by atoms with E-state index in [-0.39, 0.29) is 13.2 Å². The summed E-state index contributed by atoms with van der Waals surface area (Å²) in [4.78, 5) is 10.4. The molecule has 0 saturated carbocycles. The first kappa shape index (κ1) is 11.0. The van der Waals surface area contributed by atoms with Crippen LogP contribution in [0.25, 0.3) is 0 Å². The highest BCUT2D eigenvalue weighted by molar-refractivity contribution is 5.73. The maximum Gasteiger partial charge on any atom is 0.405 e. The van der Waals surface area contributed by atoms with Crippen molar-refractivity contribution in [2.45, 2.75) is 6.18 Å². The van der Waals surface area contributed by atoms with E-state index in [0.717, 1.165) is 0 Å². The Bertz CT molecular complexity index is 148. The van der Waals surface area contributed by atoms with E-state index in [9.17, 15) is 18.0 Å². The fourth-order valence-electron chi connectivity index (χ4n) is 0.412. The largest absolute Gasteiger partial charge is 0.405 e. The van der Waals surface area contributed by atoms with Crippen LogP contribution >= 0.6 is 0 Å². The number of halogens is 3. The number of aliphatic hydroxyl groups excluding tert-OH is 1. The average molecular weight is 186 g/mol. The van der Waals surface area contributed by atoms with Crippen LogP contribution < -0.4 is 10.6 Å². The minimum absolute atomic E-state index is 0.0658. The molecule has 12 heavy (non-hydrogen) atoms. The van der Waals surface area contributed by atoms with Crippen molar-refractivity contribution in [3.8, 4) is 0 Å². The number of alkyl halides is 3. The van der Waals surface area contributed by atoms with Gasteiger partial charge in [0, 0.05) is 6.54 Å². The summed E-state index contributed by atoms with van der Waals surface area (Å²) in [7, 11) is 0. The van der Waals surface area contributed by atoms with E-state index in [1.807, 2.05) is 5.32 Å². The van der Waals surface area contributed by atoms with Crippen molar-refractivity contribution in [1.29, 1.82) is 0 Å². The van der Waals surface area contributed by atoms with Gasteiger partial charge in [0.05, 0.1) is 6.61 Å². The lowest BCUT2D eigenvalue weighted by Gasteiger charge is -2.08. The maximum atomic E-state index is 11.4. The summed E-state index contributed by atoms with van der Waals surface area (Å²) in [5, 5.41) is 11.8. The van der Waals surface area contributed by atoms with Crippen LogP contribution in [0.4, 0.5) is 18.0 Å². The van der Waals surface area contributed by atoms with Crippen LogP contribution in [0.1, 0.15) is 0 Å². The number of rotatable bonds is 3. The number of aliphatic hydroxyl groups is 1. The second kappa shape index (κ2) is 4.81. The first-order valence-electron chi connectivity index (χ1n) is 3.15. The molecule has 0 rings (SSSR count). The van der Waals surface area contributed by atoms with Crippen LogP contribution in [0.2, 0.25) is 0 Å².